The summed E-state index contributed by atoms with van der Waals surface area (Å²) in [6.07, 6.45) is 2.09. The number of fused-ring (bicyclic) bond motifs is 1. The number of nitrogens with one attached hydrogen (secondary N) is 1. The minimum Gasteiger partial charge on any atom is -0.352 e. The molecule has 0 spiro atoms. The molecule has 0 fully saturated rings. The van der Waals surface area contributed by atoms with Crippen molar-refractivity contribution in [3.05, 3.63) is 53.5 Å². The molecule has 2 heterocycles. The summed E-state index contributed by atoms with van der Waals surface area (Å²) in [5, 5.41) is 0. The Kier molecular flexibility index (Phi) is 3.84. The first kappa shape index (κ1) is 14.9. The zero-order valence-corrected chi connectivity index (χ0v) is 12.9. The van der Waals surface area contributed by atoms with Gasteiger partial charge in [-0.1, -0.05) is 6.07 Å². The van der Waals surface area contributed by atoms with Gasteiger partial charge in [0.1, 0.15) is 16.5 Å². The number of aromatic nitrogens is 1. The molecule has 22 heavy (non-hydrogen) atoms. The molecular weight excluding hydrogens is 305 g/mol. The lowest BCUT2D eigenvalue weighted by atomic mass is 10.00. The molecular formula is C15H16FN3O2S. The summed E-state index contributed by atoms with van der Waals surface area (Å²) in [5.74, 6) is 0.497. The predicted molar refractivity (Wildman–Crippen MR) is 81.6 cm³/mol. The van der Waals surface area contributed by atoms with Gasteiger partial charge in [0.25, 0.3) is 0 Å². The molecule has 0 bridgehead atoms. The number of halogens is 1. The molecule has 1 aromatic carbocycles. The van der Waals surface area contributed by atoms with Crippen LogP contribution < -0.4 is 9.62 Å². The smallest absolute Gasteiger partial charge is 0.241 e. The highest BCUT2D eigenvalue weighted by atomic mass is 32.2. The van der Waals surface area contributed by atoms with Gasteiger partial charge in [-0.05, 0) is 48.9 Å². The number of anilines is 1. The van der Waals surface area contributed by atoms with E-state index >= 15 is 0 Å². The van der Waals surface area contributed by atoms with Gasteiger partial charge in [0.05, 0.1) is 0 Å². The van der Waals surface area contributed by atoms with Gasteiger partial charge in [0.2, 0.25) is 10.0 Å². The van der Waals surface area contributed by atoms with Crippen molar-refractivity contribution in [1.29, 1.82) is 0 Å². The minimum absolute atomic E-state index is 0.137. The van der Waals surface area contributed by atoms with Crippen LogP contribution in [0.3, 0.4) is 0 Å². The minimum atomic E-state index is -3.47. The molecule has 1 aliphatic heterocycles. The fourth-order valence-corrected chi connectivity index (χ4v) is 3.23. The number of hydrogen-bond acceptors (Lipinski definition) is 4. The maximum absolute atomic E-state index is 13.2. The van der Waals surface area contributed by atoms with E-state index in [0.717, 1.165) is 24.1 Å². The fourth-order valence-electron chi connectivity index (χ4n) is 2.55. The summed E-state index contributed by atoms with van der Waals surface area (Å²) in [6.45, 7) is 1.36. The third-order valence-corrected chi connectivity index (χ3v) is 5.20. The molecule has 0 saturated carbocycles. The lowest BCUT2D eigenvalue weighted by molar-refractivity contribution is 0.587. The highest BCUT2D eigenvalue weighted by Crippen LogP contribution is 2.24. The van der Waals surface area contributed by atoms with Crippen LogP contribution in [0.2, 0.25) is 0 Å². The Morgan fingerprint density at radius 1 is 1.23 bits per heavy atom. The monoisotopic (exact) mass is 321 g/mol. The van der Waals surface area contributed by atoms with Crippen molar-refractivity contribution in [2.75, 3.05) is 18.5 Å². The zero-order chi connectivity index (χ0) is 15.7. The Labute approximate surface area is 128 Å². The first-order chi connectivity index (χ1) is 10.5. The van der Waals surface area contributed by atoms with Crippen LogP contribution in [-0.4, -0.2) is 27.0 Å². The summed E-state index contributed by atoms with van der Waals surface area (Å²) >= 11 is 0. The highest BCUT2D eigenvalue weighted by Gasteiger charge is 2.19. The molecule has 0 unspecified atom stereocenters. The number of rotatable bonds is 3. The van der Waals surface area contributed by atoms with Crippen LogP contribution in [0.25, 0.3) is 0 Å². The number of sulfonamides is 1. The molecule has 0 atom stereocenters. The second kappa shape index (κ2) is 5.66. The van der Waals surface area contributed by atoms with Crippen LogP contribution in [-0.2, 0) is 23.0 Å². The Hall–Kier alpha value is -1.99. The molecule has 2 aromatic rings. The maximum atomic E-state index is 13.2. The summed E-state index contributed by atoms with van der Waals surface area (Å²) < 4.78 is 38.8. The molecule has 0 radical (unpaired) electrons. The summed E-state index contributed by atoms with van der Waals surface area (Å²) in [5.41, 5.74) is 2.09. The highest BCUT2D eigenvalue weighted by molar-refractivity contribution is 7.89. The average Bonchev–Trinajstić information content (AvgIpc) is 2.54. The van der Waals surface area contributed by atoms with E-state index in [-0.39, 0.29) is 10.7 Å². The molecule has 0 aliphatic carbocycles. The predicted octanol–water partition coefficient (Wildman–Crippen LogP) is 1.69. The molecule has 5 nitrogen and oxygen atoms in total. The molecule has 1 N–H and O–H groups in total. The van der Waals surface area contributed by atoms with Crippen LogP contribution in [0.4, 0.5) is 10.2 Å². The topological polar surface area (TPSA) is 62.3 Å². The third-order valence-electron chi connectivity index (χ3n) is 3.80. The standard InChI is InChI=1S/C15H16FN3O2S/c1-17-22(20,21)14-4-5-15(18-9-14)19-7-6-11-8-13(16)3-2-12(11)10-19/h2-5,8-9,17H,6-7,10H2,1H3. The lowest BCUT2D eigenvalue weighted by Crippen LogP contribution is -2.31. The van der Waals surface area contributed by atoms with Gasteiger partial charge in [-0.15, -0.1) is 0 Å². The Balaban J connectivity index is 1.83. The van der Waals surface area contributed by atoms with Gasteiger partial charge in [0.15, 0.2) is 0 Å². The zero-order valence-electron chi connectivity index (χ0n) is 12.1. The number of nitrogens with zero attached hydrogens (tertiary/aromatic N) is 2. The van der Waals surface area contributed by atoms with Crippen molar-refractivity contribution in [2.45, 2.75) is 17.9 Å². The summed E-state index contributed by atoms with van der Waals surface area (Å²) in [7, 11) is -2.11. The van der Waals surface area contributed by atoms with Crippen LogP contribution in [0.1, 0.15) is 11.1 Å². The lowest BCUT2D eigenvalue weighted by Gasteiger charge is -2.29. The number of benzene rings is 1. The summed E-state index contributed by atoms with van der Waals surface area (Å²) in [4.78, 5) is 6.43. The third kappa shape index (κ3) is 2.82. The van der Waals surface area contributed by atoms with Crippen molar-refractivity contribution in [1.82, 2.24) is 9.71 Å². The van der Waals surface area contributed by atoms with Crippen molar-refractivity contribution in [3.63, 3.8) is 0 Å². The SMILES string of the molecule is CNS(=O)(=O)c1ccc(N2CCc3cc(F)ccc3C2)nc1. The quantitative estimate of drug-likeness (QED) is 0.934. The fraction of sp³-hybridized carbons (Fsp3) is 0.267. The first-order valence-corrected chi connectivity index (χ1v) is 8.40. The van der Waals surface area contributed by atoms with E-state index in [1.807, 2.05) is 0 Å². The molecule has 1 aliphatic rings. The molecule has 3 rings (SSSR count). The first-order valence-electron chi connectivity index (χ1n) is 6.91. The maximum Gasteiger partial charge on any atom is 0.241 e. The van der Waals surface area contributed by atoms with Crippen LogP contribution in [0.15, 0.2) is 41.4 Å². The van der Waals surface area contributed by atoms with Gasteiger partial charge in [-0.25, -0.2) is 22.5 Å². The van der Waals surface area contributed by atoms with Crippen LogP contribution >= 0.6 is 0 Å². The number of pyridine rings is 1. The van der Waals surface area contributed by atoms with Gasteiger partial charge >= 0.3 is 0 Å². The Morgan fingerprint density at radius 3 is 2.73 bits per heavy atom. The van der Waals surface area contributed by atoms with E-state index in [2.05, 4.69) is 14.6 Å². The van der Waals surface area contributed by atoms with E-state index in [1.54, 1.807) is 18.2 Å². The van der Waals surface area contributed by atoms with E-state index in [4.69, 9.17) is 0 Å². The molecule has 1 aromatic heterocycles. The molecule has 7 heteroatoms. The Morgan fingerprint density at radius 2 is 2.05 bits per heavy atom. The normalized spacial score (nSPS) is 14.7. The second-order valence-corrected chi connectivity index (χ2v) is 7.03. The van der Waals surface area contributed by atoms with Gasteiger partial charge in [-0.2, -0.15) is 0 Å². The molecule has 0 saturated heterocycles. The van der Waals surface area contributed by atoms with Crippen molar-refractivity contribution >= 4 is 15.8 Å². The van der Waals surface area contributed by atoms with Gasteiger partial charge in [0, 0.05) is 19.3 Å². The van der Waals surface area contributed by atoms with Crippen molar-refractivity contribution in [3.8, 4) is 0 Å². The number of hydrogen-bond donors (Lipinski definition) is 1. The van der Waals surface area contributed by atoms with Crippen LogP contribution in [0, 0.1) is 5.82 Å². The van der Waals surface area contributed by atoms with Crippen molar-refractivity contribution in [2.24, 2.45) is 0 Å². The van der Waals surface area contributed by atoms with E-state index in [1.165, 1.54) is 25.4 Å². The molecule has 0 amide bonds. The van der Waals surface area contributed by atoms with Crippen LogP contribution in [0.5, 0.6) is 0 Å². The van der Waals surface area contributed by atoms with Crippen molar-refractivity contribution < 1.29 is 12.8 Å². The second-order valence-electron chi connectivity index (χ2n) is 5.14. The molecule has 116 valence electrons. The largest absolute Gasteiger partial charge is 0.352 e. The van der Waals surface area contributed by atoms with Gasteiger partial charge < -0.3 is 4.90 Å². The Bertz CT molecular complexity index is 791. The van der Waals surface area contributed by atoms with E-state index in [9.17, 15) is 12.8 Å². The average molecular weight is 321 g/mol. The summed E-state index contributed by atoms with van der Waals surface area (Å²) in [6, 6.07) is 8.05. The van der Waals surface area contributed by atoms with E-state index in [0.29, 0.717) is 12.4 Å². The van der Waals surface area contributed by atoms with Gasteiger partial charge in [-0.3, -0.25) is 0 Å². The van der Waals surface area contributed by atoms with E-state index < -0.39 is 10.0 Å².